The number of thiophene rings is 1. The number of halogens is 2. The van der Waals surface area contributed by atoms with E-state index in [4.69, 9.17) is 17.0 Å². The maximum atomic E-state index is 14.9. The third kappa shape index (κ3) is 5.93. The van der Waals surface area contributed by atoms with Gasteiger partial charge in [0.15, 0.2) is 16.7 Å². The van der Waals surface area contributed by atoms with Gasteiger partial charge in [-0.05, 0) is 60.2 Å². The Morgan fingerprint density at radius 2 is 1.78 bits per heavy atom. The van der Waals surface area contributed by atoms with Crippen molar-refractivity contribution in [3.8, 4) is 22.1 Å². The number of carbonyl (C=O) groups excluding carboxylic acids is 1. The fourth-order valence-electron chi connectivity index (χ4n) is 3.53. The molecule has 37 heavy (non-hydrogen) atoms. The predicted molar refractivity (Wildman–Crippen MR) is 144 cm³/mol. The Bertz CT molecular complexity index is 1590. The second kappa shape index (κ2) is 10.8. The summed E-state index contributed by atoms with van der Waals surface area (Å²) < 4.78 is 34.6. The van der Waals surface area contributed by atoms with Crippen molar-refractivity contribution in [2.45, 2.75) is 6.42 Å². The van der Waals surface area contributed by atoms with Crippen LogP contribution in [0.25, 0.3) is 20.8 Å². The van der Waals surface area contributed by atoms with Gasteiger partial charge >= 0.3 is 0 Å². The Labute approximate surface area is 220 Å². The van der Waals surface area contributed by atoms with Gasteiger partial charge in [-0.25, -0.2) is 8.78 Å². The lowest BCUT2D eigenvalue weighted by molar-refractivity contribution is -0.119. The molecule has 2 aromatic carbocycles. The van der Waals surface area contributed by atoms with Gasteiger partial charge in [0, 0.05) is 30.2 Å². The maximum absolute atomic E-state index is 14.9. The Hall–Kier alpha value is -4.28. The molecule has 0 aliphatic carbocycles. The fraction of sp³-hybridized carbons (Fsp3) is 0.0370. The van der Waals surface area contributed by atoms with E-state index in [2.05, 4.69) is 20.6 Å². The smallest absolute Gasteiger partial charge is 0.230 e. The number of carbonyl (C=O) groups is 1. The summed E-state index contributed by atoms with van der Waals surface area (Å²) in [5.41, 5.74) is 2.52. The average molecular weight is 533 g/mol. The standard InChI is InChI=1S/C27H18F2N4O2S2/c28-17-6-4-16(5-7-17)13-25(34)33-27(36)32-18-8-9-22(19(29)14-18)35-23-10-12-31-21-15-24(37-26(21)23)20-3-1-2-11-30-20/h1-12,14-15H,13H2,(H2,32,33,34,36). The number of anilines is 1. The van der Waals surface area contributed by atoms with E-state index in [1.165, 1.54) is 47.7 Å². The lowest BCUT2D eigenvalue weighted by atomic mass is 10.1. The molecule has 0 radical (unpaired) electrons. The minimum Gasteiger partial charge on any atom is -0.453 e. The summed E-state index contributed by atoms with van der Waals surface area (Å²) in [5.74, 6) is -0.879. The quantitative estimate of drug-likeness (QED) is 0.244. The lowest BCUT2D eigenvalue weighted by Crippen LogP contribution is -2.35. The van der Waals surface area contributed by atoms with Crippen molar-refractivity contribution in [2.75, 3.05) is 5.32 Å². The number of pyridine rings is 2. The highest BCUT2D eigenvalue weighted by atomic mass is 32.1. The second-order valence-corrected chi connectivity index (χ2v) is 9.36. The minimum absolute atomic E-state index is 0.0108. The van der Waals surface area contributed by atoms with Gasteiger partial charge < -0.3 is 15.4 Å². The van der Waals surface area contributed by atoms with E-state index in [-0.39, 0.29) is 29.0 Å². The van der Waals surface area contributed by atoms with Crippen LogP contribution >= 0.6 is 23.6 Å². The first-order valence-corrected chi connectivity index (χ1v) is 12.3. The van der Waals surface area contributed by atoms with Crippen LogP contribution in [0.3, 0.4) is 0 Å². The molecular formula is C27H18F2N4O2S2. The minimum atomic E-state index is -0.614. The van der Waals surface area contributed by atoms with Crippen molar-refractivity contribution < 1.29 is 18.3 Å². The van der Waals surface area contributed by atoms with Crippen LogP contribution in [-0.2, 0) is 11.2 Å². The molecule has 5 aromatic rings. The Balaban J connectivity index is 1.25. The zero-order valence-electron chi connectivity index (χ0n) is 19.1. The number of aromatic nitrogens is 2. The van der Waals surface area contributed by atoms with Crippen LogP contribution in [0.1, 0.15) is 5.56 Å². The Kier molecular flexibility index (Phi) is 7.11. The van der Waals surface area contributed by atoms with Crippen LogP contribution in [0.15, 0.2) is 85.2 Å². The van der Waals surface area contributed by atoms with E-state index in [1.807, 2.05) is 24.3 Å². The first-order valence-electron chi connectivity index (χ1n) is 11.1. The third-order valence-corrected chi connectivity index (χ3v) is 6.60. The van der Waals surface area contributed by atoms with Gasteiger partial charge in [0.25, 0.3) is 0 Å². The van der Waals surface area contributed by atoms with Gasteiger partial charge in [0.05, 0.1) is 27.2 Å². The molecule has 2 N–H and O–H groups in total. The number of hydrogen-bond donors (Lipinski definition) is 2. The first-order chi connectivity index (χ1) is 17.9. The monoisotopic (exact) mass is 532 g/mol. The molecule has 6 nitrogen and oxygen atoms in total. The summed E-state index contributed by atoms with van der Waals surface area (Å²) in [4.78, 5) is 21.9. The number of rotatable bonds is 6. The highest BCUT2D eigenvalue weighted by Crippen LogP contribution is 2.39. The topological polar surface area (TPSA) is 76.1 Å². The van der Waals surface area contributed by atoms with Crippen molar-refractivity contribution in [3.05, 3.63) is 102 Å². The van der Waals surface area contributed by atoms with Crippen LogP contribution < -0.4 is 15.4 Å². The summed E-state index contributed by atoms with van der Waals surface area (Å²) >= 11 is 6.62. The molecule has 184 valence electrons. The van der Waals surface area contributed by atoms with Gasteiger partial charge in [-0.1, -0.05) is 18.2 Å². The predicted octanol–water partition coefficient (Wildman–Crippen LogP) is 6.48. The zero-order valence-corrected chi connectivity index (χ0v) is 20.7. The molecule has 0 saturated heterocycles. The molecule has 0 spiro atoms. The third-order valence-electron chi connectivity index (χ3n) is 5.23. The van der Waals surface area contributed by atoms with E-state index in [9.17, 15) is 13.6 Å². The summed E-state index contributed by atoms with van der Waals surface area (Å²) in [7, 11) is 0. The SMILES string of the molecule is O=C(Cc1ccc(F)cc1)NC(=S)Nc1ccc(Oc2ccnc3cc(-c4ccccn4)sc23)c(F)c1. The summed E-state index contributed by atoms with van der Waals surface area (Å²) in [5, 5.41) is 5.32. The molecule has 0 fully saturated rings. The highest BCUT2D eigenvalue weighted by Gasteiger charge is 2.14. The van der Waals surface area contributed by atoms with Crippen molar-refractivity contribution in [1.82, 2.24) is 15.3 Å². The number of nitrogens with one attached hydrogen (secondary N) is 2. The molecule has 0 saturated carbocycles. The number of benzene rings is 2. The molecule has 0 aliphatic heterocycles. The van der Waals surface area contributed by atoms with E-state index >= 15 is 0 Å². The number of amides is 1. The van der Waals surface area contributed by atoms with Gasteiger partial charge in [-0.15, -0.1) is 11.3 Å². The molecule has 1 amide bonds. The Morgan fingerprint density at radius 1 is 0.946 bits per heavy atom. The maximum Gasteiger partial charge on any atom is 0.230 e. The molecule has 10 heteroatoms. The van der Waals surface area contributed by atoms with E-state index in [0.717, 1.165) is 20.8 Å². The molecule has 0 bridgehead atoms. The lowest BCUT2D eigenvalue weighted by Gasteiger charge is -2.12. The molecule has 3 aromatic heterocycles. The normalized spacial score (nSPS) is 10.8. The van der Waals surface area contributed by atoms with Crippen LogP contribution in [0.4, 0.5) is 14.5 Å². The zero-order chi connectivity index (χ0) is 25.8. The number of fused-ring (bicyclic) bond motifs is 1. The number of thiocarbonyl (C=S) groups is 1. The number of ether oxygens (including phenoxy) is 1. The molecule has 5 rings (SSSR count). The fourth-order valence-corrected chi connectivity index (χ4v) is 4.80. The summed E-state index contributed by atoms with van der Waals surface area (Å²) in [6.45, 7) is 0. The van der Waals surface area contributed by atoms with Crippen LogP contribution in [0.2, 0.25) is 0 Å². The van der Waals surface area contributed by atoms with Crippen LogP contribution in [-0.4, -0.2) is 21.0 Å². The average Bonchev–Trinajstić information content (AvgIpc) is 3.33. The van der Waals surface area contributed by atoms with Crippen molar-refractivity contribution in [3.63, 3.8) is 0 Å². The number of nitrogens with zero attached hydrogens (tertiary/aromatic N) is 2. The van der Waals surface area contributed by atoms with Gasteiger partial charge in [0.1, 0.15) is 11.6 Å². The van der Waals surface area contributed by atoms with Crippen molar-refractivity contribution in [1.29, 1.82) is 0 Å². The van der Waals surface area contributed by atoms with Gasteiger partial charge in [0.2, 0.25) is 5.91 Å². The number of hydrogen-bond acceptors (Lipinski definition) is 6. The second-order valence-electron chi connectivity index (χ2n) is 7.90. The molecular weight excluding hydrogens is 514 g/mol. The molecule has 0 aliphatic rings. The van der Waals surface area contributed by atoms with Crippen molar-refractivity contribution in [2.24, 2.45) is 0 Å². The Morgan fingerprint density at radius 3 is 2.54 bits per heavy atom. The molecule has 0 unspecified atom stereocenters. The summed E-state index contributed by atoms with van der Waals surface area (Å²) in [6, 6.07) is 19.1. The summed E-state index contributed by atoms with van der Waals surface area (Å²) in [6.07, 6.45) is 3.35. The van der Waals surface area contributed by atoms with E-state index < -0.39 is 5.82 Å². The molecule has 3 heterocycles. The highest BCUT2D eigenvalue weighted by molar-refractivity contribution is 7.80. The van der Waals surface area contributed by atoms with Crippen molar-refractivity contribution >= 4 is 50.5 Å². The van der Waals surface area contributed by atoms with Crippen LogP contribution in [0.5, 0.6) is 11.5 Å². The van der Waals surface area contributed by atoms with Crippen LogP contribution in [0, 0.1) is 11.6 Å². The van der Waals surface area contributed by atoms with E-state index in [1.54, 1.807) is 24.5 Å². The van der Waals surface area contributed by atoms with E-state index in [0.29, 0.717) is 17.0 Å². The first kappa shape index (κ1) is 24.4. The van der Waals surface area contributed by atoms with Gasteiger partial charge in [-0.3, -0.25) is 14.8 Å². The molecule has 0 atom stereocenters. The van der Waals surface area contributed by atoms with Gasteiger partial charge in [-0.2, -0.15) is 0 Å². The largest absolute Gasteiger partial charge is 0.453 e.